The van der Waals surface area contributed by atoms with Crippen LogP contribution in [0.2, 0.25) is 0 Å². The molecule has 1 heterocycles. The van der Waals surface area contributed by atoms with Gasteiger partial charge in [-0.05, 0) is 76.8 Å². The van der Waals surface area contributed by atoms with E-state index in [1.807, 2.05) is 32.9 Å². The van der Waals surface area contributed by atoms with E-state index in [4.69, 9.17) is 33.2 Å². The number of thiophene rings is 1. The summed E-state index contributed by atoms with van der Waals surface area (Å²) in [5.74, 6) is -0.855. The van der Waals surface area contributed by atoms with Crippen LogP contribution in [0.1, 0.15) is 68.0 Å². The fourth-order valence-corrected chi connectivity index (χ4v) is 6.81. The van der Waals surface area contributed by atoms with Crippen LogP contribution in [0.4, 0.5) is 16.4 Å². The first kappa shape index (κ1) is 45.6. The number of esters is 1. The van der Waals surface area contributed by atoms with Crippen LogP contribution in [-0.2, 0) is 42.7 Å². The van der Waals surface area contributed by atoms with Gasteiger partial charge in [-0.3, -0.25) is 4.79 Å². The normalized spacial score (nSPS) is 16.2. The zero-order valence-electron chi connectivity index (χ0n) is 33.0. The summed E-state index contributed by atoms with van der Waals surface area (Å²) in [6, 6.07) is 10.2. The number of ether oxygens (including phenoxy) is 7. The van der Waals surface area contributed by atoms with E-state index >= 15 is 0 Å². The lowest BCUT2D eigenvalue weighted by Crippen LogP contribution is -2.38. The number of aldehydes is 1. The number of nitrogens with zero attached hydrogens (tertiary/aromatic N) is 5. The minimum Gasteiger partial charge on any atom is -0.463 e. The first-order chi connectivity index (χ1) is 26.7. The van der Waals surface area contributed by atoms with Crippen LogP contribution in [-0.4, -0.2) is 110 Å². The number of hydrogen-bond acceptors (Lipinski definition) is 15. The van der Waals surface area contributed by atoms with E-state index in [1.54, 1.807) is 6.92 Å². The van der Waals surface area contributed by atoms with E-state index in [1.165, 1.54) is 11.3 Å². The highest BCUT2D eigenvalue weighted by molar-refractivity contribution is 7.16. The Kier molecular flexibility index (Phi) is 21.7. The van der Waals surface area contributed by atoms with Gasteiger partial charge < -0.3 is 42.9 Å². The van der Waals surface area contributed by atoms with Gasteiger partial charge in [0.25, 0.3) is 0 Å². The zero-order valence-corrected chi connectivity index (χ0v) is 33.8. The number of anilines is 1. The van der Waals surface area contributed by atoms with E-state index in [0.29, 0.717) is 99.1 Å². The maximum atomic E-state index is 12.2. The van der Waals surface area contributed by atoms with Crippen molar-refractivity contribution in [1.82, 2.24) is 0 Å². The SMILES string of the molecule is CCN(CC(COC(C)C)OCCOCCOCCOCCOCCOC(=O)C1CCCCC1C=O)c1ccc(/N=N/c2sc(C#N)c(C)c2C#N)c(C)c1. The van der Waals surface area contributed by atoms with Gasteiger partial charge in [-0.15, -0.1) is 21.6 Å². The predicted octanol–water partition coefficient (Wildman–Crippen LogP) is 6.78. The van der Waals surface area contributed by atoms with Crippen molar-refractivity contribution in [3.63, 3.8) is 0 Å². The second kappa shape index (κ2) is 26.1. The number of rotatable bonds is 27. The Morgan fingerprint density at radius 1 is 0.909 bits per heavy atom. The molecule has 1 saturated carbocycles. The fraction of sp³-hybridized carbons (Fsp3) is 0.650. The molecule has 302 valence electrons. The molecule has 0 N–H and O–H groups in total. The van der Waals surface area contributed by atoms with Gasteiger partial charge in [0.2, 0.25) is 0 Å². The van der Waals surface area contributed by atoms with Gasteiger partial charge >= 0.3 is 5.97 Å². The lowest BCUT2D eigenvalue weighted by molar-refractivity contribution is -0.154. The Bertz CT molecular complexity index is 1570. The Morgan fingerprint density at radius 3 is 2.13 bits per heavy atom. The van der Waals surface area contributed by atoms with Gasteiger partial charge in [0.05, 0.1) is 95.4 Å². The third-order valence-electron chi connectivity index (χ3n) is 9.02. The molecule has 3 unspecified atom stereocenters. The number of hydrogen-bond donors (Lipinski definition) is 0. The van der Waals surface area contributed by atoms with Crippen LogP contribution in [0.5, 0.6) is 0 Å². The lowest BCUT2D eigenvalue weighted by Gasteiger charge is -2.29. The molecular formula is C40H57N5O9S. The number of carbonyl (C=O) groups excluding carboxylic acids is 2. The van der Waals surface area contributed by atoms with Crippen LogP contribution >= 0.6 is 11.3 Å². The highest BCUT2D eigenvalue weighted by atomic mass is 32.1. The zero-order chi connectivity index (χ0) is 39.8. The van der Waals surface area contributed by atoms with Gasteiger partial charge in [0, 0.05) is 24.7 Å². The molecule has 15 heteroatoms. The van der Waals surface area contributed by atoms with Gasteiger partial charge in [0.15, 0.2) is 5.00 Å². The smallest absolute Gasteiger partial charge is 0.309 e. The standard InChI is InChI=1S/C40H57N5O9S/c1-6-45(33-11-12-37(30(4)23-33)43-44-39-36(24-41)31(5)38(25-42)55-39)26-34(28-54-29(2)3)52-21-19-50-17-15-48-13-14-49-16-18-51-20-22-53-40(47)35-10-8-7-9-32(35)27-46/h11-12,23,27,29,32,34-35H,6-10,13-22,26,28H2,1-5H3/b44-43+. The summed E-state index contributed by atoms with van der Waals surface area (Å²) in [6.45, 7) is 15.4. The lowest BCUT2D eigenvalue weighted by atomic mass is 9.80. The summed E-state index contributed by atoms with van der Waals surface area (Å²) in [5.41, 5.74) is 3.64. The molecule has 14 nitrogen and oxygen atoms in total. The minimum absolute atomic E-state index is 0.0671. The summed E-state index contributed by atoms with van der Waals surface area (Å²) in [7, 11) is 0. The maximum Gasteiger partial charge on any atom is 0.309 e. The van der Waals surface area contributed by atoms with E-state index < -0.39 is 0 Å². The Balaban J connectivity index is 1.29. The molecular weight excluding hydrogens is 727 g/mol. The molecule has 1 aromatic carbocycles. The van der Waals surface area contributed by atoms with Crippen molar-refractivity contribution in [3.05, 3.63) is 39.8 Å². The van der Waals surface area contributed by atoms with Gasteiger partial charge in [0.1, 0.15) is 29.9 Å². The van der Waals surface area contributed by atoms with Gasteiger partial charge in [-0.1, -0.05) is 12.8 Å². The third-order valence-corrected chi connectivity index (χ3v) is 10.1. The molecule has 1 aromatic heterocycles. The molecule has 55 heavy (non-hydrogen) atoms. The number of benzene rings is 1. The van der Waals surface area contributed by atoms with Crippen LogP contribution in [0.25, 0.3) is 0 Å². The van der Waals surface area contributed by atoms with Crippen molar-refractivity contribution in [2.45, 2.75) is 72.5 Å². The summed E-state index contributed by atoms with van der Waals surface area (Å²) >= 11 is 1.17. The van der Waals surface area contributed by atoms with E-state index in [0.717, 1.165) is 43.3 Å². The largest absolute Gasteiger partial charge is 0.463 e. The molecule has 0 spiro atoms. The first-order valence-electron chi connectivity index (χ1n) is 19.1. The molecule has 3 rings (SSSR count). The summed E-state index contributed by atoms with van der Waals surface area (Å²) in [6.07, 6.45) is 4.16. The average Bonchev–Trinajstić information content (AvgIpc) is 3.51. The molecule has 1 aliphatic rings. The Labute approximate surface area is 329 Å². The highest BCUT2D eigenvalue weighted by Gasteiger charge is 2.31. The summed E-state index contributed by atoms with van der Waals surface area (Å²) in [5, 5.41) is 28.0. The second-order valence-electron chi connectivity index (χ2n) is 13.4. The molecule has 0 amide bonds. The number of nitriles is 2. The number of azo groups is 1. The van der Waals surface area contributed by atoms with Crippen molar-refractivity contribution < 1.29 is 42.7 Å². The summed E-state index contributed by atoms with van der Waals surface area (Å²) in [4.78, 5) is 26.1. The van der Waals surface area contributed by atoms with Crippen molar-refractivity contribution in [3.8, 4) is 12.1 Å². The molecule has 1 fully saturated rings. The van der Waals surface area contributed by atoms with Crippen LogP contribution < -0.4 is 4.90 Å². The van der Waals surface area contributed by atoms with Crippen molar-refractivity contribution in [2.75, 3.05) is 90.7 Å². The average molecular weight is 784 g/mol. The number of likely N-dealkylation sites (N-methyl/N-ethyl adjacent to an activating group) is 1. The molecule has 0 bridgehead atoms. The monoisotopic (exact) mass is 783 g/mol. The van der Waals surface area contributed by atoms with Crippen LogP contribution in [0, 0.1) is 48.3 Å². The van der Waals surface area contributed by atoms with Crippen molar-refractivity contribution in [2.24, 2.45) is 22.1 Å². The molecule has 2 aromatic rings. The molecule has 0 radical (unpaired) electrons. The van der Waals surface area contributed by atoms with E-state index in [2.05, 4.69) is 40.3 Å². The first-order valence-corrected chi connectivity index (χ1v) is 19.9. The van der Waals surface area contributed by atoms with Gasteiger partial charge in [-0.2, -0.15) is 10.5 Å². The highest BCUT2D eigenvalue weighted by Crippen LogP contribution is 2.36. The van der Waals surface area contributed by atoms with Gasteiger partial charge in [-0.25, -0.2) is 0 Å². The van der Waals surface area contributed by atoms with Crippen LogP contribution in [0.15, 0.2) is 28.4 Å². The van der Waals surface area contributed by atoms with Crippen molar-refractivity contribution >= 4 is 40.0 Å². The third kappa shape index (κ3) is 16.1. The Morgan fingerprint density at radius 2 is 1.55 bits per heavy atom. The number of aryl methyl sites for hydroxylation is 1. The Hall–Kier alpha value is -3.80. The van der Waals surface area contributed by atoms with Crippen LogP contribution in [0.3, 0.4) is 0 Å². The molecule has 0 saturated heterocycles. The molecule has 3 atom stereocenters. The van der Waals surface area contributed by atoms with Crippen molar-refractivity contribution in [1.29, 1.82) is 10.5 Å². The topological polar surface area (TPSA) is 174 Å². The van der Waals surface area contributed by atoms with E-state index in [-0.39, 0.29) is 43.2 Å². The summed E-state index contributed by atoms with van der Waals surface area (Å²) < 4.78 is 39.7. The second-order valence-corrected chi connectivity index (χ2v) is 14.4. The fourth-order valence-electron chi connectivity index (χ4n) is 5.93. The molecule has 0 aliphatic heterocycles. The molecule has 1 aliphatic carbocycles. The minimum atomic E-state index is -0.323. The number of carbonyl (C=O) groups is 2. The quantitative estimate of drug-likeness (QED) is 0.0403. The predicted molar refractivity (Wildman–Crippen MR) is 208 cm³/mol. The van der Waals surface area contributed by atoms with E-state index in [9.17, 15) is 20.1 Å². The maximum absolute atomic E-state index is 12.2.